The van der Waals surface area contributed by atoms with Gasteiger partial charge in [-0.15, -0.1) is 0 Å². The molecular formula is C28H34ClN5O2. The van der Waals surface area contributed by atoms with Gasteiger partial charge in [0.25, 0.3) is 5.91 Å². The Kier molecular flexibility index (Phi) is 8.78. The van der Waals surface area contributed by atoms with Crippen molar-refractivity contribution < 1.29 is 9.59 Å². The van der Waals surface area contributed by atoms with E-state index in [1.165, 1.54) is 0 Å². The van der Waals surface area contributed by atoms with E-state index in [0.29, 0.717) is 49.2 Å². The maximum absolute atomic E-state index is 12.9. The number of carbonyl (C=O) groups excluding carboxylic acids is 2. The summed E-state index contributed by atoms with van der Waals surface area (Å²) in [4.78, 5) is 29.6. The summed E-state index contributed by atoms with van der Waals surface area (Å²) in [5.41, 5.74) is 3.52. The number of rotatable bonds is 8. The van der Waals surface area contributed by atoms with Gasteiger partial charge in [0.2, 0.25) is 5.91 Å². The van der Waals surface area contributed by atoms with Gasteiger partial charge in [-0.2, -0.15) is 5.10 Å². The second-order valence-corrected chi connectivity index (χ2v) is 10.1. The van der Waals surface area contributed by atoms with Crippen LogP contribution in [0.25, 0.3) is 5.69 Å². The minimum Gasteiger partial charge on any atom is -0.349 e. The zero-order valence-corrected chi connectivity index (χ0v) is 21.7. The first-order chi connectivity index (χ1) is 17.4. The van der Waals surface area contributed by atoms with E-state index < -0.39 is 0 Å². The lowest BCUT2D eigenvalue weighted by Crippen LogP contribution is -2.40. The highest BCUT2D eigenvalue weighted by Crippen LogP contribution is 2.19. The number of hydrogen-bond acceptors (Lipinski definition) is 4. The quantitative estimate of drug-likeness (QED) is 0.496. The minimum atomic E-state index is -0.0573. The number of halogens is 1. The van der Waals surface area contributed by atoms with E-state index in [1.54, 1.807) is 12.1 Å². The standard InChI is InChI=1S/C28H34ClN5O2/c1-21(2)17-24-18-22(31-34(24)23-9-4-3-5-10-23)19-30-27(35)20-32-13-8-14-33(16-15-32)28(36)25-11-6-7-12-26(25)29/h3-7,9-12,18,21H,8,13-17,19-20H2,1-2H3,(H,30,35). The van der Waals surface area contributed by atoms with Gasteiger partial charge in [0.15, 0.2) is 0 Å². The fourth-order valence-electron chi connectivity index (χ4n) is 4.50. The van der Waals surface area contributed by atoms with Crippen molar-refractivity contribution in [1.29, 1.82) is 0 Å². The van der Waals surface area contributed by atoms with Crippen LogP contribution in [0.3, 0.4) is 0 Å². The highest BCUT2D eigenvalue weighted by molar-refractivity contribution is 6.33. The van der Waals surface area contributed by atoms with E-state index in [-0.39, 0.29) is 11.8 Å². The maximum atomic E-state index is 12.9. The third-order valence-corrected chi connectivity index (χ3v) is 6.60. The summed E-state index contributed by atoms with van der Waals surface area (Å²) >= 11 is 6.22. The van der Waals surface area contributed by atoms with Crippen molar-refractivity contribution >= 4 is 23.4 Å². The monoisotopic (exact) mass is 507 g/mol. The molecule has 1 saturated heterocycles. The van der Waals surface area contributed by atoms with Crippen LogP contribution >= 0.6 is 11.6 Å². The molecule has 0 atom stereocenters. The lowest BCUT2D eigenvalue weighted by molar-refractivity contribution is -0.122. The summed E-state index contributed by atoms with van der Waals surface area (Å²) < 4.78 is 1.97. The average molecular weight is 508 g/mol. The molecule has 190 valence electrons. The zero-order chi connectivity index (χ0) is 25.5. The highest BCUT2D eigenvalue weighted by Gasteiger charge is 2.23. The van der Waals surface area contributed by atoms with Crippen molar-refractivity contribution in [3.8, 4) is 5.69 Å². The molecule has 0 radical (unpaired) electrons. The van der Waals surface area contributed by atoms with Gasteiger partial charge >= 0.3 is 0 Å². The fraction of sp³-hybridized carbons (Fsp3) is 0.393. The Morgan fingerprint density at radius 2 is 1.75 bits per heavy atom. The summed E-state index contributed by atoms with van der Waals surface area (Å²) in [5, 5.41) is 8.26. The van der Waals surface area contributed by atoms with Crippen LogP contribution in [0.4, 0.5) is 0 Å². The molecule has 0 bridgehead atoms. The van der Waals surface area contributed by atoms with Crippen molar-refractivity contribution in [3.63, 3.8) is 0 Å². The van der Waals surface area contributed by atoms with Crippen LogP contribution < -0.4 is 5.32 Å². The molecular weight excluding hydrogens is 474 g/mol. The molecule has 0 spiro atoms. The number of aromatic nitrogens is 2. The summed E-state index contributed by atoms with van der Waals surface area (Å²) in [5.74, 6) is 0.401. The van der Waals surface area contributed by atoms with E-state index in [2.05, 4.69) is 30.1 Å². The first-order valence-electron chi connectivity index (χ1n) is 12.6. The SMILES string of the molecule is CC(C)Cc1cc(CNC(=O)CN2CCCN(C(=O)c3ccccc3Cl)CC2)nn1-c1ccccc1. The van der Waals surface area contributed by atoms with E-state index in [4.69, 9.17) is 16.7 Å². The molecule has 8 heteroatoms. The molecule has 4 rings (SSSR count). The molecule has 2 amide bonds. The van der Waals surface area contributed by atoms with Crippen molar-refractivity contribution in [2.75, 3.05) is 32.7 Å². The second kappa shape index (κ2) is 12.2. The Balaban J connectivity index is 1.31. The first-order valence-corrected chi connectivity index (χ1v) is 12.9. The molecule has 0 aliphatic carbocycles. The van der Waals surface area contributed by atoms with Gasteiger partial charge in [0.1, 0.15) is 0 Å². The molecule has 1 aliphatic rings. The molecule has 1 N–H and O–H groups in total. The molecule has 2 heterocycles. The van der Waals surface area contributed by atoms with Crippen molar-refractivity contribution in [2.24, 2.45) is 5.92 Å². The predicted octanol–water partition coefficient (Wildman–Crippen LogP) is 4.19. The Bertz CT molecular complexity index is 1180. The molecule has 2 aromatic carbocycles. The lowest BCUT2D eigenvalue weighted by atomic mass is 10.1. The lowest BCUT2D eigenvalue weighted by Gasteiger charge is -2.22. The number of carbonyl (C=O) groups is 2. The topological polar surface area (TPSA) is 70.5 Å². The summed E-state index contributed by atoms with van der Waals surface area (Å²) in [6.45, 7) is 7.68. The van der Waals surface area contributed by atoms with Gasteiger partial charge in [0, 0.05) is 31.9 Å². The molecule has 3 aromatic rings. The van der Waals surface area contributed by atoms with Gasteiger partial charge in [0.05, 0.1) is 35.1 Å². The van der Waals surface area contributed by atoms with Crippen molar-refractivity contribution in [2.45, 2.75) is 33.2 Å². The van der Waals surface area contributed by atoms with Crippen LogP contribution in [-0.4, -0.2) is 64.1 Å². The average Bonchev–Trinajstić information content (AvgIpc) is 3.11. The Hall–Kier alpha value is -3.16. The number of hydrogen-bond donors (Lipinski definition) is 1. The molecule has 36 heavy (non-hydrogen) atoms. The van der Waals surface area contributed by atoms with Crippen LogP contribution in [0, 0.1) is 5.92 Å². The molecule has 0 saturated carbocycles. The zero-order valence-electron chi connectivity index (χ0n) is 21.0. The predicted molar refractivity (Wildman–Crippen MR) is 142 cm³/mol. The van der Waals surface area contributed by atoms with Gasteiger partial charge in [-0.3, -0.25) is 14.5 Å². The van der Waals surface area contributed by atoms with Gasteiger partial charge in [-0.25, -0.2) is 4.68 Å². The van der Waals surface area contributed by atoms with E-state index in [1.807, 2.05) is 52.0 Å². The van der Waals surface area contributed by atoms with Crippen LogP contribution in [0.15, 0.2) is 60.7 Å². The summed E-state index contributed by atoms with van der Waals surface area (Å²) in [6.07, 6.45) is 1.72. The molecule has 1 aliphatic heterocycles. The largest absolute Gasteiger partial charge is 0.349 e. The fourth-order valence-corrected chi connectivity index (χ4v) is 4.72. The van der Waals surface area contributed by atoms with E-state index >= 15 is 0 Å². The van der Waals surface area contributed by atoms with Gasteiger partial charge in [-0.05, 0) is 49.1 Å². The molecule has 7 nitrogen and oxygen atoms in total. The Labute approximate surface area is 218 Å². The molecule has 1 aromatic heterocycles. The van der Waals surface area contributed by atoms with E-state index in [0.717, 1.165) is 36.5 Å². The normalized spacial score (nSPS) is 14.6. The van der Waals surface area contributed by atoms with Crippen LogP contribution in [0.5, 0.6) is 0 Å². The molecule has 1 fully saturated rings. The number of nitrogens with zero attached hydrogens (tertiary/aromatic N) is 4. The van der Waals surface area contributed by atoms with Crippen LogP contribution in [-0.2, 0) is 17.8 Å². The summed E-state index contributed by atoms with van der Waals surface area (Å²) in [7, 11) is 0. The van der Waals surface area contributed by atoms with Gasteiger partial charge < -0.3 is 10.2 Å². The van der Waals surface area contributed by atoms with Gasteiger partial charge in [-0.1, -0.05) is 55.8 Å². The van der Waals surface area contributed by atoms with E-state index in [9.17, 15) is 9.59 Å². The maximum Gasteiger partial charge on any atom is 0.255 e. The second-order valence-electron chi connectivity index (χ2n) is 9.65. The molecule has 0 unspecified atom stereocenters. The number of benzene rings is 2. The third-order valence-electron chi connectivity index (χ3n) is 6.27. The highest BCUT2D eigenvalue weighted by atomic mass is 35.5. The Morgan fingerprint density at radius 1 is 1.00 bits per heavy atom. The summed E-state index contributed by atoms with van der Waals surface area (Å²) in [6, 6.07) is 19.3. The number of nitrogens with one attached hydrogen (secondary N) is 1. The smallest absolute Gasteiger partial charge is 0.255 e. The van der Waals surface area contributed by atoms with Crippen LogP contribution in [0.1, 0.15) is 42.0 Å². The third kappa shape index (κ3) is 6.74. The van der Waals surface area contributed by atoms with Crippen molar-refractivity contribution in [3.05, 3.63) is 82.6 Å². The minimum absolute atomic E-state index is 0.0412. The number of para-hydroxylation sites is 1. The van der Waals surface area contributed by atoms with Crippen LogP contribution in [0.2, 0.25) is 5.02 Å². The van der Waals surface area contributed by atoms with Crippen molar-refractivity contribution in [1.82, 2.24) is 24.9 Å². The Morgan fingerprint density at radius 3 is 2.50 bits per heavy atom. The first kappa shape index (κ1) is 25.9. The number of amides is 2.